The summed E-state index contributed by atoms with van der Waals surface area (Å²) in [4.78, 5) is 12.0. The van der Waals surface area contributed by atoms with Gasteiger partial charge in [0.2, 0.25) is 5.91 Å². The van der Waals surface area contributed by atoms with Gasteiger partial charge in [0.25, 0.3) is 0 Å². The molecule has 1 aromatic heterocycles. The van der Waals surface area contributed by atoms with Crippen LogP contribution in [0.1, 0.15) is 23.9 Å². The van der Waals surface area contributed by atoms with E-state index in [1.807, 2.05) is 52.1 Å². The van der Waals surface area contributed by atoms with Crippen LogP contribution in [-0.4, -0.2) is 35.4 Å². The van der Waals surface area contributed by atoms with Crippen LogP contribution in [0.5, 0.6) is 11.5 Å². The van der Waals surface area contributed by atoms with E-state index in [2.05, 4.69) is 10.4 Å². The standard InChI is InChI=1S/C19H25N3O3/c1-13(25-18-9-7-6-8-17(18)24-5)12-20-19(23)11-10-16-14(2)21-22(4)15(16)3/h6-11,13H,12H2,1-5H3,(H,20,23)/b11-10+. The van der Waals surface area contributed by atoms with Crippen LogP contribution in [0.15, 0.2) is 30.3 Å². The first-order valence-corrected chi connectivity index (χ1v) is 8.18. The van der Waals surface area contributed by atoms with Crippen molar-refractivity contribution in [2.24, 2.45) is 7.05 Å². The van der Waals surface area contributed by atoms with Gasteiger partial charge >= 0.3 is 0 Å². The maximum Gasteiger partial charge on any atom is 0.244 e. The molecule has 2 rings (SSSR count). The predicted molar refractivity (Wildman–Crippen MR) is 97.8 cm³/mol. The van der Waals surface area contributed by atoms with E-state index in [9.17, 15) is 4.79 Å². The van der Waals surface area contributed by atoms with Gasteiger partial charge in [-0.15, -0.1) is 0 Å². The molecule has 25 heavy (non-hydrogen) atoms. The SMILES string of the molecule is COc1ccccc1OC(C)CNC(=O)/C=C/c1c(C)nn(C)c1C. The lowest BCUT2D eigenvalue weighted by molar-refractivity contribution is -0.116. The number of hydrogen-bond donors (Lipinski definition) is 1. The van der Waals surface area contributed by atoms with E-state index in [4.69, 9.17) is 9.47 Å². The van der Waals surface area contributed by atoms with Gasteiger partial charge < -0.3 is 14.8 Å². The Hall–Kier alpha value is -2.76. The number of carbonyl (C=O) groups excluding carboxylic acids is 1. The Morgan fingerprint density at radius 2 is 2.00 bits per heavy atom. The zero-order valence-corrected chi connectivity index (χ0v) is 15.4. The fourth-order valence-corrected chi connectivity index (χ4v) is 2.47. The summed E-state index contributed by atoms with van der Waals surface area (Å²) in [5.41, 5.74) is 2.89. The zero-order chi connectivity index (χ0) is 18.4. The third-order valence-corrected chi connectivity index (χ3v) is 3.93. The van der Waals surface area contributed by atoms with Crippen LogP contribution in [0.2, 0.25) is 0 Å². The molecule has 6 heteroatoms. The first kappa shape index (κ1) is 18.6. The molecule has 134 valence electrons. The van der Waals surface area contributed by atoms with E-state index in [0.717, 1.165) is 17.0 Å². The van der Waals surface area contributed by atoms with Crippen molar-refractivity contribution in [2.75, 3.05) is 13.7 Å². The first-order chi connectivity index (χ1) is 11.9. The number of hydrogen-bond acceptors (Lipinski definition) is 4. The van der Waals surface area contributed by atoms with Crippen molar-refractivity contribution in [3.63, 3.8) is 0 Å². The molecule has 0 aliphatic rings. The predicted octanol–water partition coefficient (Wildman–Crippen LogP) is 2.64. The normalized spacial score (nSPS) is 12.2. The molecule has 1 amide bonds. The summed E-state index contributed by atoms with van der Waals surface area (Å²) in [5.74, 6) is 1.16. The second-order valence-corrected chi connectivity index (χ2v) is 5.87. The van der Waals surface area contributed by atoms with Gasteiger partial charge in [0, 0.05) is 24.4 Å². The molecule has 0 radical (unpaired) electrons. The molecule has 0 saturated heterocycles. The van der Waals surface area contributed by atoms with Gasteiger partial charge in [0.1, 0.15) is 6.10 Å². The lowest BCUT2D eigenvalue weighted by Crippen LogP contribution is -2.32. The summed E-state index contributed by atoms with van der Waals surface area (Å²) in [7, 11) is 3.48. The van der Waals surface area contributed by atoms with E-state index in [-0.39, 0.29) is 12.0 Å². The Labute approximate surface area is 148 Å². The van der Waals surface area contributed by atoms with Crippen molar-refractivity contribution in [2.45, 2.75) is 26.9 Å². The molecule has 0 saturated carbocycles. The Kier molecular flexibility index (Phi) is 6.22. The van der Waals surface area contributed by atoms with Crippen LogP contribution in [0.3, 0.4) is 0 Å². The second-order valence-electron chi connectivity index (χ2n) is 5.87. The Morgan fingerprint density at radius 1 is 1.32 bits per heavy atom. The number of nitrogens with one attached hydrogen (secondary N) is 1. The highest BCUT2D eigenvalue weighted by molar-refractivity contribution is 5.92. The van der Waals surface area contributed by atoms with Crippen molar-refractivity contribution >= 4 is 12.0 Å². The van der Waals surface area contributed by atoms with Crippen molar-refractivity contribution in [1.29, 1.82) is 0 Å². The van der Waals surface area contributed by atoms with E-state index < -0.39 is 0 Å². The van der Waals surface area contributed by atoms with Gasteiger partial charge in [-0.1, -0.05) is 12.1 Å². The highest BCUT2D eigenvalue weighted by Gasteiger charge is 2.10. The van der Waals surface area contributed by atoms with Crippen molar-refractivity contribution in [3.05, 3.63) is 47.3 Å². The number of aryl methyl sites for hydroxylation is 2. The Morgan fingerprint density at radius 3 is 2.60 bits per heavy atom. The maximum absolute atomic E-state index is 12.0. The molecule has 1 N–H and O–H groups in total. The lowest BCUT2D eigenvalue weighted by atomic mass is 10.2. The summed E-state index contributed by atoms with van der Waals surface area (Å²) >= 11 is 0. The summed E-state index contributed by atoms with van der Waals surface area (Å²) in [5, 5.41) is 7.17. The fourth-order valence-electron chi connectivity index (χ4n) is 2.47. The van der Waals surface area contributed by atoms with Crippen LogP contribution in [-0.2, 0) is 11.8 Å². The molecular formula is C19H25N3O3. The molecule has 2 aromatic rings. The van der Waals surface area contributed by atoms with Gasteiger partial charge in [-0.25, -0.2) is 0 Å². The average Bonchev–Trinajstić information content (AvgIpc) is 2.84. The quantitative estimate of drug-likeness (QED) is 0.785. The highest BCUT2D eigenvalue weighted by Crippen LogP contribution is 2.26. The van der Waals surface area contributed by atoms with E-state index in [1.54, 1.807) is 17.9 Å². The molecule has 1 aromatic carbocycles. The van der Waals surface area contributed by atoms with Crippen molar-refractivity contribution in [3.8, 4) is 11.5 Å². The maximum atomic E-state index is 12.0. The van der Waals surface area contributed by atoms with E-state index in [1.165, 1.54) is 6.08 Å². The molecule has 6 nitrogen and oxygen atoms in total. The van der Waals surface area contributed by atoms with Crippen molar-refractivity contribution in [1.82, 2.24) is 15.1 Å². The third kappa shape index (κ3) is 4.86. The molecule has 1 atom stereocenters. The Balaban J connectivity index is 1.88. The van der Waals surface area contributed by atoms with Crippen LogP contribution in [0.25, 0.3) is 6.08 Å². The molecule has 0 aliphatic heterocycles. The van der Waals surface area contributed by atoms with Crippen LogP contribution in [0.4, 0.5) is 0 Å². The monoisotopic (exact) mass is 343 g/mol. The third-order valence-electron chi connectivity index (χ3n) is 3.93. The minimum atomic E-state index is -0.185. The largest absolute Gasteiger partial charge is 0.493 e. The van der Waals surface area contributed by atoms with Crippen LogP contribution < -0.4 is 14.8 Å². The van der Waals surface area contributed by atoms with Gasteiger partial charge in [-0.2, -0.15) is 5.10 Å². The Bertz CT molecular complexity index is 765. The average molecular weight is 343 g/mol. The number of nitrogens with zero attached hydrogens (tertiary/aromatic N) is 2. The number of ether oxygens (including phenoxy) is 2. The van der Waals surface area contributed by atoms with Gasteiger partial charge in [0.15, 0.2) is 11.5 Å². The second kappa shape index (κ2) is 8.37. The smallest absolute Gasteiger partial charge is 0.244 e. The molecule has 0 aliphatic carbocycles. The summed E-state index contributed by atoms with van der Waals surface area (Å²) < 4.78 is 12.9. The van der Waals surface area contributed by atoms with Crippen LogP contribution >= 0.6 is 0 Å². The zero-order valence-electron chi connectivity index (χ0n) is 15.4. The summed E-state index contributed by atoms with van der Waals surface area (Å²) in [6.07, 6.45) is 3.13. The summed E-state index contributed by atoms with van der Waals surface area (Å²) in [6.45, 7) is 6.19. The number of rotatable bonds is 7. The number of benzene rings is 1. The number of para-hydroxylation sites is 2. The van der Waals surface area contributed by atoms with Gasteiger partial charge in [-0.3, -0.25) is 9.48 Å². The topological polar surface area (TPSA) is 65.4 Å². The number of carbonyl (C=O) groups is 1. The van der Waals surface area contributed by atoms with Gasteiger partial charge in [-0.05, 0) is 39.0 Å². The highest BCUT2D eigenvalue weighted by atomic mass is 16.5. The van der Waals surface area contributed by atoms with Crippen LogP contribution in [0, 0.1) is 13.8 Å². The number of aromatic nitrogens is 2. The van der Waals surface area contributed by atoms with Gasteiger partial charge in [0.05, 0.1) is 19.3 Å². The number of methoxy groups -OCH3 is 1. The number of amides is 1. The minimum Gasteiger partial charge on any atom is -0.493 e. The van der Waals surface area contributed by atoms with Crippen molar-refractivity contribution < 1.29 is 14.3 Å². The fraction of sp³-hybridized carbons (Fsp3) is 0.368. The molecular weight excluding hydrogens is 318 g/mol. The van der Waals surface area contributed by atoms with E-state index >= 15 is 0 Å². The summed E-state index contributed by atoms with van der Waals surface area (Å²) in [6, 6.07) is 7.43. The molecule has 0 fully saturated rings. The van der Waals surface area contributed by atoms with E-state index in [0.29, 0.717) is 18.0 Å². The first-order valence-electron chi connectivity index (χ1n) is 8.18. The molecule has 0 spiro atoms. The molecule has 1 unspecified atom stereocenters. The lowest BCUT2D eigenvalue weighted by Gasteiger charge is -2.16. The molecule has 0 bridgehead atoms. The minimum absolute atomic E-state index is 0.168. The molecule has 1 heterocycles.